The summed E-state index contributed by atoms with van der Waals surface area (Å²) in [4.78, 5) is 4.12. The number of nitrogens with one attached hydrogen (secondary N) is 1. The molecule has 3 rings (SSSR count). The lowest BCUT2D eigenvalue weighted by Gasteiger charge is -2.14. The van der Waals surface area contributed by atoms with E-state index in [-0.39, 0.29) is 6.04 Å². The number of pyridine rings is 1. The van der Waals surface area contributed by atoms with E-state index in [9.17, 15) is 0 Å². The van der Waals surface area contributed by atoms with E-state index in [1.54, 1.807) is 10.9 Å². The fourth-order valence-corrected chi connectivity index (χ4v) is 1.93. The van der Waals surface area contributed by atoms with Gasteiger partial charge in [-0.2, -0.15) is 4.68 Å². The molecule has 0 amide bonds. The number of rotatable bonds is 4. The Morgan fingerprint density at radius 2 is 1.95 bits per heavy atom. The predicted octanol–water partition coefficient (Wildman–Crippen LogP) is 2.23. The average molecular weight is 266 g/mol. The highest BCUT2D eigenvalue weighted by atomic mass is 15.6. The van der Waals surface area contributed by atoms with Crippen molar-refractivity contribution in [2.75, 3.05) is 5.32 Å². The van der Waals surface area contributed by atoms with E-state index in [1.807, 2.05) is 55.6 Å². The van der Waals surface area contributed by atoms with Crippen LogP contribution in [-0.4, -0.2) is 25.2 Å². The summed E-state index contributed by atoms with van der Waals surface area (Å²) in [5, 5.41) is 15.1. The van der Waals surface area contributed by atoms with E-state index >= 15 is 0 Å². The molecule has 20 heavy (non-hydrogen) atoms. The van der Waals surface area contributed by atoms with Gasteiger partial charge in [0.2, 0.25) is 5.95 Å². The highest BCUT2D eigenvalue weighted by molar-refractivity contribution is 5.39. The van der Waals surface area contributed by atoms with E-state index < -0.39 is 0 Å². The molecule has 2 heterocycles. The molecule has 0 fully saturated rings. The third-order valence-corrected chi connectivity index (χ3v) is 3.00. The minimum atomic E-state index is 0.0668. The second kappa shape index (κ2) is 5.48. The topological polar surface area (TPSA) is 68.5 Å². The predicted molar refractivity (Wildman–Crippen MR) is 75.4 cm³/mol. The Kier molecular flexibility index (Phi) is 3.36. The molecule has 1 atom stereocenters. The number of nitrogens with zero attached hydrogens (tertiary/aromatic N) is 5. The lowest BCUT2D eigenvalue weighted by molar-refractivity contribution is 0.780. The Labute approximate surface area is 116 Å². The molecule has 0 aliphatic rings. The molecule has 6 nitrogen and oxygen atoms in total. The molecule has 3 aromatic rings. The molecule has 2 aromatic heterocycles. The molecule has 1 aromatic carbocycles. The normalized spacial score (nSPS) is 12.1. The Morgan fingerprint density at radius 1 is 1.10 bits per heavy atom. The number of benzene rings is 1. The van der Waals surface area contributed by atoms with Crippen LogP contribution >= 0.6 is 0 Å². The highest BCUT2D eigenvalue weighted by Crippen LogP contribution is 2.18. The van der Waals surface area contributed by atoms with Crippen LogP contribution < -0.4 is 5.32 Å². The number of hydrogen-bond donors (Lipinski definition) is 1. The third-order valence-electron chi connectivity index (χ3n) is 3.00. The smallest absolute Gasteiger partial charge is 0.248 e. The molecule has 1 N–H and O–H groups in total. The summed E-state index contributed by atoms with van der Waals surface area (Å²) in [6.07, 6.45) is 3.58. The molecule has 0 aliphatic carbocycles. The highest BCUT2D eigenvalue weighted by Gasteiger charge is 2.12. The average Bonchev–Trinajstić information content (AvgIpc) is 2.97. The van der Waals surface area contributed by atoms with Gasteiger partial charge in [0.1, 0.15) is 0 Å². The number of anilines is 1. The monoisotopic (exact) mass is 266 g/mol. The van der Waals surface area contributed by atoms with Gasteiger partial charge in [0.25, 0.3) is 0 Å². The fourth-order valence-electron chi connectivity index (χ4n) is 1.93. The maximum absolute atomic E-state index is 4.12. The van der Waals surface area contributed by atoms with Gasteiger partial charge in [0.15, 0.2) is 0 Å². The summed E-state index contributed by atoms with van der Waals surface area (Å²) in [6, 6.07) is 13.8. The van der Waals surface area contributed by atoms with Crippen molar-refractivity contribution >= 4 is 5.95 Å². The number of tetrazole rings is 1. The van der Waals surface area contributed by atoms with E-state index in [0.29, 0.717) is 5.95 Å². The first-order valence-corrected chi connectivity index (χ1v) is 6.35. The Balaban J connectivity index is 1.84. The largest absolute Gasteiger partial charge is 0.346 e. The SMILES string of the molecule is CC(Nc1nnnn1-c1ccccc1)c1cccnc1. The van der Waals surface area contributed by atoms with Gasteiger partial charge in [0, 0.05) is 12.4 Å². The van der Waals surface area contributed by atoms with Gasteiger partial charge in [0.05, 0.1) is 11.7 Å². The first kappa shape index (κ1) is 12.3. The van der Waals surface area contributed by atoms with Crippen LogP contribution in [0.15, 0.2) is 54.9 Å². The molecule has 0 bridgehead atoms. The van der Waals surface area contributed by atoms with Crippen molar-refractivity contribution in [2.45, 2.75) is 13.0 Å². The van der Waals surface area contributed by atoms with Crippen molar-refractivity contribution in [3.63, 3.8) is 0 Å². The van der Waals surface area contributed by atoms with Gasteiger partial charge in [-0.15, -0.1) is 0 Å². The van der Waals surface area contributed by atoms with Crippen LogP contribution in [0.3, 0.4) is 0 Å². The Morgan fingerprint density at radius 3 is 2.70 bits per heavy atom. The Hall–Kier alpha value is -2.76. The lowest BCUT2D eigenvalue weighted by Crippen LogP contribution is -2.12. The standard InChI is InChI=1S/C14H14N6/c1-11(12-6-5-9-15-10-12)16-14-17-18-19-20(14)13-7-3-2-4-8-13/h2-11H,1H3,(H,16,17,19). The van der Waals surface area contributed by atoms with Crippen molar-refractivity contribution in [3.05, 3.63) is 60.4 Å². The Bertz CT molecular complexity index is 664. The zero-order valence-corrected chi connectivity index (χ0v) is 11.0. The van der Waals surface area contributed by atoms with Crippen LogP contribution in [0.2, 0.25) is 0 Å². The minimum Gasteiger partial charge on any atom is -0.346 e. The van der Waals surface area contributed by atoms with Crippen LogP contribution in [0.5, 0.6) is 0 Å². The maximum atomic E-state index is 4.12. The molecular formula is C14H14N6. The second-order valence-corrected chi connectivity index (χ2v) is 4.40. The van der Waals surface area contributed by atoms with Crippen molar-refractivity contribution in [2.24, 2.45) is 0 Å². The first-order valence-electron chi connectivity index (χ1n) is 6.35. The molecule has 0 radical (unpaired) electrons. The van der Waals surface area contributed by atoms with Crippen LogP contribution in [-0.2, 0) is 0 Å². The fraction of sp³-hybridized carbons (Fsp3) is 0.143. The van der Waals surface area contributed by atoms with Gasteiger partial charge >= 0.3 is 0 Å². The summed E-state index contributed by atoms with van der Waals surface area (Å²) >= 11 is 0. The molecule has 0 spiro atoms. The van der Waals surface area contributed by atoms with Crippen LogP contribution in [0, 0.1) is 0 Å². The van der Waals surface area contributed by atoms with Crippen molar-refractivity contribution in [1.82, 2.24) is 25.2 Å². The summed E-state index contributed by atoms with van der Waals surface area (Å²) in [7, 11) is 0. The number of para-hydroxylation sites is 1. The summed E-state index contributed by atoms with van der Waals surface area (Å²) in [5.74, 6) is 0.604. The quantitative estimate of drug-likeness (QED) is 0.784. The van der Waals surface area contributed by atoms with Gasteiger partial charge in [-0.3, -0.25) is 4.98 Å². The van der Waals surface area contributed by atoms with Gasteiger partial charge < -0.3 is 5.32 Å². The zero-order chi connectivity index (χ0) is 13.8. The van der Waals surface area contributed by atoms with Crippen molar-refractivity contribution in [1.29, 1.82) is 0 Å². The van der Waals surface area contributed by atoms with Crippen LogP contribution in [0.1, 0.15) is 18.5 Å². The van der Waals surface area contributed by atoms with Crippen molar-refractivity contribution in [3.8, 4) is 5.69 Å². The molecule has 1 unspecified atom stereocenters. The number of aromatic nitrogens is 5. The second-order valence-electron chi connectivity index (χ2n) is 4.40. The van der Waals surface area contributed by atoms with Gasteiger partial charge in [-0.05, 0) is 41.1 Å². The molecular weight excluding hydrogens is 252 g/mol. The first-order chi connectivity index (χ1) is 9.84. The van der Waals surface area contributed by atoms with Crippen LogP contribution in [0.4, 0.5) is 5.95 Å². The molecule has 100 valence electrons. The minimum absolute atomic E-state index is 0.0668. The number of hydrogen-bond acceptors (Lipinski definition) is 5. The lowest BCUT2D eigenvalue weighted by atomic mass is 10.1. The van der Waals surface area contributed by atoms with E-state index in [0.717, 1.165) is 11.3 Å². The van der Waals surface area contributed by atoms with E-state index in [1.165, 1.54) is 0 Å². The van der Waals surface area contributed by atoms with Gasteiger partial charge in [-0.1, -0.05) is 29.4 Å². The maximum Gasteiger partial charge on any atom is 0.248 e. The summed E-state index contributed by atoms with van der Waals surface area (Å²) in [5.41, 5.74) is 1.99. The van der Waals surface area contributed by atoms with E-state index in [4.69, 9.17) is 0 Å². The van der Waals surface area contributed by atoms with E-state index in [2.05, 4.69) is 25.8 Å². The molecule has 0 saturated heterocycles. The third kappa shape index (κ3) is 2.49. The van der Waals surface area contributed by atoms with Crippen LogP contribution in [0.25, 0.3) is 5.69 Å². The van der Waals surface area contributed by atoms with Gasteiger partial charge in [-0.25, -0.2) is 0 Å². The summed E-state index contributed by atoms with van der Waals surface area (Å²) < 4.78 is 1.67. The molecule has 6 heteroatoms. The van der Waals surface area contributed by atoms with Crippen molar-refractivity contribution < 1.29 is 0 Å². The molecule has 0 saturated carbocycles. The summed E-state index contributed by atoms with van der Waals surface area (Å²) in [6.45, 7) is 2.04. The zero-order valence-electron chi connectivity index (χ0n) is 11.0. The molecule has 0 aliphatic heterocycles.